The molecule has 0 radical (unpaired) electrons. The first-order chi connectivity index (χ1) is 15.0. The number of carbonyl (C=O) groups excluding carboxylic acids is 2. The zero-order valence-corrected chi connectivity index (χ0v) is 18.5. The van der Waals surface area contributed by atoms with Gasteiger partial charge in [-0.15, -0.1) is 10.2 Å². The van der Waals surface area contributed by atoms with E-state index in [1.54, 1.807) is 19.2 Å². The highest BCUT2D eigenvalue weighted by Gasteiger charge is 2.17. The summed E-state index contributed by atoms with van der Waals surface area (Å²) in [6.07, 6.45) is 0.0643. The lowest BCUT2D eigenvalue weighted by atomic mass is 10.2. The molecule has 3 aromatic rings. The highest BCUT2D eigenvalue weighted by Crippen LogP contribution is 2.23. The SMILES string of the molecule is CCn1c(CC(=O)Nc2ccccc2OC)nnc1SCC(=O)Nc1ccccc1C. The smallest absolute Gasteiger partial charge is 0.234 e. The number of methoxy groups -OCH3 is 1. The second kappa shape index (κ2) is 10.6. The largest absolute Gasteiger partial charge is 0.495 e. The van der Waals surface area contributed by atoms with Crippen LogP contribution in [0.25, 0.3) is 0 Å². The summed E-state index contributed by atoms with van der Waals surface area (Å²) in [5.41, 5.74) is 2.39. The molecular formula is C22H25N5O3S. The third-order valence-electron chi connectivity index (χ3n) is 4.56. The van der Waals surface area contributed by atoms with Crippen LogP contribution in [0.4, 0.5) is 11.4 Å². The van der Waals surface area contributed by atoms with Gasteiger partial charge in [-0.2, -0.15) is 0 Å². The van der Waals surface area contributed by atoms with Gasteiger partial charge in [-0.3, -0.25) is 9.59 Å². The van der Waals surface area contributed by atoms with E-state index in [9.17, 15) is 9.59 Å². The predicted octanol–water partition coefficient (Wildman–Crippen LogP) is 3.53. The van der Waals surface area contributed by atoms with E-state index in [0.717, 1.165) is 11.3 Å². The molecule has 9 heteroatoms. The topological polar surface area (TPSA) is 98.1 Å². The van der Waals surface area contributed by atoms with Crippen molar-refractivity contribution in [1.29, 1.82) is 0 Å². The average molecular weight is 440 g/mol. The maximum atomic E-state index is 12.5. The zero-order valence-electron chi connectivity index (χ0n) is 17.7. The minimum Gasteiger partial charge on any atom is -0.495 e. The van der Waals surface area contributed by atoms with Gasteiger partial charge in [0.25, 0.3) is 0 Å². The predicted molar refractivity (Wildman–Crippen MR) is 122 cm³/mol. The Balaban J connectivity index is 1.60. The van der Waals surface area contributed by atoms with Gasteiger partial charge in [0, 0.05) is 12.2 Å². The number of ether oxygens (including phenoxy) is 1. The molecule has 2 aromatic carbocycles. The first kappa shape index (κ1) is 22.4. The van der Waals surface area contributed by atoms with E-state index in [-0.39, 0.29) is 24.0 Å². The quantitative estimate of drug-likeness (QED) is 0.495. The summed E-state index contributed by atoms with van der Waals surface area (Å²) >= 11 is 1.29. The van der Waals surface area contributed by atoms with Crippen molar-refractivity contribution in [3.05, 3.63) is 59.9 Å². The molecule has 8 nitrogen and oxygen atoms in total. The number of rotatable bonds is 9. The summed E-state index contributed by atoms with van der Waals surface area (Å²) in [5, 5.41) is 14.7. The van der Waals surface area contributed by atoms with Crippen LogP contribution in [0.2, 0.25) is 0 Å². The molecule has 0 unspecified atom stereocenters. The molecule has 0 bridgehead atoms. The molecule has 0 saturated carbocycles. The van der Waals surface area contributed by atoms with Crippen molar-refractivity contribution in [3.63, 3.8) is 0 Å². The number of hydrogen-bond acceptors (Lipinski definition) is 6. The van der Waals surface area contributed by atoms with Crippen molar-refractivity contribution in [2.75, 3.05) is 23.5 Å². The third-order valence-corrected chi connectivity index (χ3v) is 5.53. The number of hydrogen-bond donors (Lipinski definition) is 2. The lowest BCUT2D eigenvalue weighted by Crippen LogP contribution is -2.18. The summed E-state index contributed by atoms with van der Waals surface area (Å²) in [5.74, 6) is 0.973. The van der Waals surface area contributed by atoms with Crippen LogP contribution in [0.1, 0.15) is 18.3 Å². The number of benzene rings is 2. The number of anilines is 2. The van der Waals surface area contributed by atoms with E-state index in [0.29, 0.717) is 29.0 Å². The van der Waals surface area contributed by atoms with Gasteiger partial charge < -0.3 is 19.9 Å². The molecule has 1 aromatic heterocycles. The Kier molecular flexibility index (Phi) is 7.66. The number of thioether (sulfide) groups is 1. The number of carbonyl (C=O) groups is 2. The van der Waals surface area contributed by atoms with Gasteiger partial charge >= 0.3 is 0 Å². The minimum atomic E-state index is -0.222. The Bertz CT molecular complexity index is 1070. The van der Waals surface area contributed by atoms with Gasteiger partial charge in [-0.25, -0.2) is 0 Å². The maximum Gasteiger partial charge on any atom is 0.234 e. The molecule has 0 atom stereocenters. The number of nitrogens with zero attached hydrogens (tertiary/aromatic N) is 3. The van der Waals surface area contributed by atoms with Crippen molar-refractivity contribution < 1.29 is 14.3 Å². The van der Waals surface area contributed by atoms with Crippen molar-refractivity contribution in [2.24, 2.45) is 0 Å². The molecule has 0 fully saturated rings. The van der Waals surface area contributed by atoms with Crippen LogP contribution < -0.4 is 15.4 Å². The molecule has 162 valence electrons. The van der Waals surface area contributed by atoms with Crippen molar-refractivity contribution in [1.82, 2.24) is 14.8 Å². The fourth-order valence-electron chi connectivity index (χ4n) is 2.99. The molecule has 0 saturated heterocycles. The molecule has 31 heavy (non-hydrogen) atoms. The van der Waals surface area contributed by atoms with E-state index >= 15 is 0 Å². The Morgan fingerprint density at radius 3 is 2.39 bits per heavy atom. The first-order valence-corrected chi connectivity index (χ1v) is 10.8. The highest BCUT2D eigenvalue weighted by atomic mass is 32.2. The fourth-order valence-corrected chi connectivity index (χ4v) is 3.81. The van der Waals surface area contributed by atoms with Gasteiger partial charge in [-0.1, -0.05) is 42.1 Å². The highest BCUT2D eigenvalue weighted by molar-refractivity contribution is 7.99. The van der Waals surface area contributed by atoms with E-state index < -0.39 is 0 Å². The van der Waals surface area contributed by atoms with Crippen LogP contribution in [0.5, 0.6) is 5.75 Å². The number of nitrogens with one attached hydrogen (secondary N) is 2. The second-order valence-corrected chi connectivity index (χ2v) is 7.66. The fraction of sp³-hybridized carbons (Fsp3) is 0.273. The molecule has 0 aliphatic carbocycles. The van der Waals surface area contributed by atoms with Gasteiger partial charge in [0.2, 0.25) is 11.8 Å². The lowest BCUT2D eigenvalue weighted by molar-refractivity contribution is -0.116. The average Bonchev–Trinajstić information content (AvgIpc) is 3.15. The number of amides is 2. The number of aromatic nitrogens is 3. The van der Waals surface area contributed by atoms with Crippen LogP contribution in [-0.2, 0) is 22.6 Å². The Labute approximate surface area is 185 Å². The molecule has 0 spiro atoms. The van der Waals surface area contributed by atoms with Crippen molar-refractivity contribution in [3.8, 4) is 5.75 Å². The van der Waals surface area contributed by atoms with Crippen LogP contribution in [0, 0.1) is 6.92 Å². The normalized spacial score (nSPS) is 10.5. The van der Waals surface area contributed by atoms with Gasteiger partial charge in [0.05, 0.1) is 25.0 Å². The molecule has 1 heterocycles. The summed E-state index contributed by atoms with van der Waals surface area (Å²) < 4.78 is 7.10. The molecule has 2 N–H and O–H groups in total. The van der Waals surface area contributed by atoms with E-state index in [4.69, 9.17) is 4.74 Å². The van der Waals surface area contributed by atoms with Gasteiger partial charge in [0.1, 0.15) is 11.6 Å². The molecular weight excluding hydrogens is 414 g/mol. The number of aryl methyl sites for hydroxylation is 1. The van der Waals surface area contributed by atoms with Crippen LogP contribution >= 0.6 is 11.8 Å². The van der Waals surface area contributed by atoms with Crippen LogP contribution in [0.3, 0.4) is 0 Å². The van der Waals surface area contributed by atoms with Crippen molar-refractivity contribution >= 4 is 35.0 Å². The minimum absolute atomic E-state index is 0.0643. The van der Waals surface area contributed by atoms with Gasteiger partial charge in [0.15, 0.2) is 5.16 Å². The van der Waals surface area contributed by atoms with E-state index in [1.807, 2.05) is 54.8 Å². The second-order valence-electron chi connectivity index (χ2n) is 6.72. The van der Waals surface area contributed by atoms with Gasteiger partial charge in [-0.05, 0) is 37.6 Å². The summed E-state index contributed by atoms with van der Waals surface area (Å²) in [6.45, 7) is 4.48. The van der Waals surface area contributed by atoms with E-state index in [2.05, 4.69) is 20.8 Å². The standard InChI is InChI=1S/C22H25N5O3S/c1-4-27-19(13-20(28)24-17-11-7-8-12-18(17)30-3)25-26-22(27)31-14-21(29)23-16-10-6-5-9-15(16)2/h5-12H,4,13-14H2,1-3H3,(H,23,29)(H,24,28). The molecule has 0 aliphatic heterocycles. The van der Waals surface area contributed by atoms with Crippen LogP contribution in [-0.4, -0.2) is 39.4 Å². The molecule has 2 amide bonds. The monoisotopic (exact) mass is 439 g/mol. The number of para-hydroxylation sites is 3. The van der Waals surface area contributed by atoms with E-state index in [1.165, 1.54) is 11.8 Å². The molecule has 0 aliphatic rings. The Hall–Kier alpha value is -3.33. The Morgan fingerprint density at radius 1 is 1.00 bits per heavy atom. The Morgan fingerprint density at radius 2 is 1.68 bits per heavy atom. The maximum absolute atomic E-state index is 12.5. The molecule has 3 rings (SSSR count). The van der Waals surface area contributed by atoms with Crippen LogP contribution in [0.15, 0.2) is 53.7 Å². The van der Waals surface area contributed by atoms with Crippen molar-refractivity contribution in [2.45, 2.75) is 32.0 Å². The third kappa shape index (κ3) is 5.85. The zero-order chi connectivity index (χ0) is 22.2. The summed E-state index contributed by atoms with van der Waals surface area (Å²) in [7, 11) is 1.55. The first-order valence-electron chi connectivity index (χ1n) is 9.85. The summed E-state index contributed by atoms with van der Waals surface area (Å²) in [6, 6.07) is 14.8. The lowest BCUT2D eigenvalue weighted by Gasteiger charge is -2.11. The summed E-state index contributed by atoms with van der Waals surface area (Å²) in [4.78, 5) is 24.8.